The second-order valence-electron chi connectivity index (χ2n) is 7.05. The summed E-state index contributed by atoms with van der Waals surface area (Å²) in [5, 5.41) is 8.94. The van der Waals surface area contributed by atoms with Gasteiger partial charge in [0.15, 0.2) is 0 Å². The lowest BCUT2D eigenvalue weighted by atomic mass is 10.1. The SMILES string of the molecule is CCCN(Cc1ccc(C#N)cc1)C(=O)c1ccc(Oc2ccc(C(N)=O)cc2)cc1. The maximum absolute atomic E-state index is 13.0. The van der Waals surface area contributed by atoms with Crippen LogP contribution in [0, 0.1) is 11.3 Å². The fourth-order valence-corrected chi connectivity index (χ4v) is 3.10. The van der Waals surface area contributed by atoms with Crippen molar-refractivity contribution in [2.75, 3.05) is 6.54 Å². The number of carbonyl (C=O) groups is 2. The molecular weight excluding hydrogens is 390 g/mol. The van der Waals surface area contributed by atoms with Crippen LogP contribution in [-0.4, -0.2) is 23.3 Å². The van der Waals surface area contributed by atoms with Crippen molar-refractivity contribution in [1.82, 2.24) is 4.90 Å². The van der Waals surface area contributed by atoms with Crippen LogP contribution in [0.5, 0.6) is 11.5 Å². The number of nitrogens with two attached hydrogens (primary N) is 1. The van der Waals surface area contributed by atoms with Crippen molar-refractivity contribution in [2.24, 2.45) is 5.73 Å². The van der Waals surface area contributed by atoms with Crippen molar-refractivity contribution in [1.29, 1.82) is 5.26 Å². The highest BCUT2D eigenvalue weighted by Crippen LogP contribution is 2.23. The van der Waals surface area contributed by atoms with Crippen LogP contribution in [0.1, 0.15) is 45.2 Å². The Labute approximate surface area is 181 Å². The number of nitriles is 1. The maximum Gasteiger partial charge on any atom is 0.254 e. The zero-order valence-electron chi connectivity index (χ0n) is 17.2. The van der Waals surface area contributed by atoms with E-state index >= 15 is 0 Å². The van der Waals surface area contributed by atoms with Crippen LogP contribution in [0.2, 0.25) is 0 Å². The van der Waals surface area contributed by atoms with Gasteiger partial charge in [-0.05, 0) is 72.6 Å². The summed E-state index contributed by atoms with van der Waals surface area (Å²) in [6.07, 6.45) is 0.838. The first kappa shape index (κ1) is 21.6. The highest BCUT2D eigenvalue weighted by Gasteiger charge is 2.16. The fourth-order valence-electron chi connectivity index (χ4n) is 3.10. The average Bonchev–Trinajstić information content (AvgIpc) is 2.79. The zero-order valence-corrected chi connectivity index (χ0v) is 17.2. The molecule has 2 amide bonds. The van der Waals surface area contributed by atoms with E-state index in [1.54, 1.807) is 65.6 Å². The van der Waals surface area contributed by atoms with Gasteiger partial charge in [-0.15, -0.1) is 0 Å². The molecule has 6 nitrogen and oxygen atoms in total. The lowest BCUT2D eigenvalue weighted by Gasteiger charge is -2.22. The first-order valence-corrected chi connectivity index (χ1v) is 9.96. The Hall–Kier alpha value is -4.11. The van der Waals surface area contributed by atoms with Gasteiger partial charge in [0.1, 0.15) is 11.5 Å². The minimum atomic E-state index is -0.493. The topological polar surface area (TPSA) is 96.4 Å². The van der Waals surface area contributed by atoms with Crippen LogP contribution >= 0.6 is 0 Å². The molecule has 31 heavy (non-hydrogen) atoms. The summed E-state index contributed by atoms with van der Waals surface area (Å²) < 4.78 is 5.77. The number of nitrogens with zero attached hydrogens (tertiary/aromatic N) is 2. The molecule has 0 radical (unpaired) electrons. The first-order valence-electron chi connectivity index (χ1n) is 9.96. The average molecular weight is 413 g/mol. The van der Waals surface area contributed by atoms with Gasteiger partial charge in [0, 0.05) is 24.2 Å². The molecule has 0 spiro atoms. The van der Waals surface area contributed by atoms with Crippen molar-refractivity contribution >= 4 is 11.8 Å². The van der Waals surface area contributed by atoms with Crippen LogP contribution in [-0.2, 0) is 6.54 Å². The Kier molecular flexibility index (Phi) is 7.02. The third-order valence-corrected chi connectivity index (χ3v) is 4.71. The molecule has 6 heteroatoms. The van der Waals surface area contributed by atoms with Gasteiger partial charge in [0.05, 0.1) is 11.6 Å². The van der Waals surface area contributed by atoms with E-state index in [2.05, 4.69) is 6.07 Å². The number of ether oxygens (including phenoxy) is 1. The van der Waals surface area contributed by atoms with Gasteiger partial charge in [-0.25, -0.2) is 0 Å². The monoisotopic (exact) mass is 413 g/mol. The fraction of sp³-hybridized carbons (Fsp3) is 0.160. The van der Waals surface area contributed by atoms with Gasteiger partial charge < -0.3 is 15.4 Å². The minimum Gasteiger partial charge on any atom is -0.457 e. The van der Waals surface area contributed by atoms with Gasteiger partial charge in [0.2, 0.25) is 5.91 Å². The van der Waals surface area contributed by atoms with Crippen molar-refractivity contribution in [2.45, 2.75) is 19.9 Å². The van der Waals surface area contributed by atoms with E-state index in [1.807, 2.05) is 19.1 Å². The van der Waals surface area contributed by atoms with Crippen LogP contribution in [0.15, 0.2) is 72.8 Å². The van der Waals surface area contributed by atoms with Crippen molar-refractivity contribution < 1.29 is 14.3 Å². The van der Waals surface area contributed by atoms with Crippen molar-refractivity contribution in [3.05, 3.63) is 95.1 Å². The third kappa shape index (κ3) is 5.71. The largest absolute Gasteiger partial charge is 0.457 e. The minimum absolute atomic E-state index is 0.0661. The van der Waals surface area contributed by atoms with E-state index in [0.29, 0.717) is 41.3 Å². The lowest BCUT2D eigenvalue weighted by Crippen LogP contribution is -2.31. The number of hydrogen-bond donors (Lipinski definition) is 1. The second kappa shape index (κ2) is 10.1. The Balaban J connectivity index is 1.69. The van der Waals surface area contributed by atoms with E-state index in [4.69, 9.17) is 15.7 Å². The summed E-state index contributed by atoms with van der Waals surface area (Å²) in [5.41, 5.74) is 7.78. The molecule has 0 fully saturated rings. The van der Waals surface area contributed by atoms with E-state index in [9.17, 15) is 9.59 Å². The molecule has 0 aliphatic carbocycles. The predicted molar refractivity (Wildman–Crippen MR) is 118 cm³/mol. The highest BCUT2D eigenvalue weighted by atomic mass is 16.5. The molecule has 2 N–H and O–H groups in total. The Morgan fingerprint density at radius 1 is 0.903 bits per heavy atom. The Bertz CT molecular complexity index is 1080. The number of carbonyl (C=O) groups excluding carboxylic acids is 2. The lowest BCUT2D eigenvalue weighted by molar-refractivity contribution is 0.0743. The number of benzene rings is 3. The molecule has 3 aromatic rings. The number of rotatable bonds is 8. The number of amides is 2. The highest BCUT2D eigenvalue weighted by molar-refractivity contribution is 5.94. The van der Waals surface area contributed by atoms with Crippen LogP contribution in [0.25, 0.3) is 0 Å². The summed E-state index contributed by atoms with van der Waals surface area (Å²) in [7, 11) is 0. The molecule has 0 unspecified atom stereocenters. The normalized spacial score (nSPS) is 10.2. The quantitative estimate of drug-likeness (QED) is 0.588. The van der Waals surface area contributed by atoms with Gasteiger partial charge in [-0.1, -0.05) is 19.1 Å². The van der Waals surface area contributed by atoms with E-state index in [1.165, 1.54) is 0 Å². The molecule has 0 saturated heterocycles. The summed E-state index contributed by atoms with van der Waals surface area (Å²) in [5.74, 6) is 0.589. The molecule has 0 heterocycles. The smallest absolute Gasteiger partial charge is 0.254 e. The van der Waals surface area contributed by atoms with E-state index in [0.717, 1.165) is 12.0 Å². The van der Waals surface area contributed by atoms with Gasteiger partial charge in [0.25, 0.3) is 5.91 Å². The van der Waals surface area contributed by atoms with Crippen LogP contribution < -0.4 is 10.5 Å². The zero-order chi connectivity index (χ0) is 22.2. The predicted octanol–water partition coefficient (Wildman–Crippen LogP) is 4.50. The molecule has 0 saturated carbocycles. The number of primary amides is 1. The third-order valence-electron chi connectivity index (χ3n) is 4.71. The van der Waals surface area contributed by atoms with Gasteiger partial charge in [-0.2, -0.15) is 5.26 Å². The molecule has 3 rings (SSSR count). The Morgan fingerprint density at radius 3 is 1.94 bits per heavy atom. The molecule has 0 aliphatic heterocycles. The van der Waals surface area contributed by atoms with Crippen LogP contribution in [0.4, 0.5) is 0 Å². The summed E-state index contributed by atoms with van der Waals surface area (Å²) in [6.45, 7) is 3.13. The summed E-state index contributed by atoms with van der Waals surface area (Å²) in [4.78, 5) is 26.0. The molecular formula is C25H23N3O3. The molecule has 0 bridgehead atoms. The molecule has 156 valence electrons. The van der Waals surface area contributed by atoms with E-state index < -0.39 is 5.91 Å². The summed E-state index contributed by atoms with van der Waals surface area (Å²) >= 11 is 0. The maximum atomic E-state index is 13.0. The van der Waals surface area contributed by atoms with Gasteiger partial charge in [-0.3, -0.25) is 9.59 Å². The van der Waals surface area contributed by atoms with Crippen molar-refractivity contribution in [3.8, 4) is 17.6 Å². The Morgan fingerprint density at radius 2 is 1.45 bits per heavy atom. The molecule has 0 aliphatic rings. The molecule has 0 atom stereocenters. The standard InChI is InChI=1S/C25H23N3O3/c1-2-15-28(17-19-5-3-18(16-26)4-6-19)25(30)21-9-13-23(14-10-21)31-22-11-7-20(8-12-22)24(27)29/h3-14H,2,15,17H2,1H3,(H2,27,29). The number of hydrogen-bond acceptors (Lipinski definition) is 4. The molecule has 0 aromatic heterocycles. The first-order chi connectivity index (χ1) is 15.0. The summed E-state index contributed by atoms with van der Waals surface area (Å²) in [6, 6.07) is 22.8. The van der Waals surface area contributed by atoms with Crippen molar-refractivity contribution in [3.63, 3.8) is 0 Å². The second-order valence-corrected chi connectivity index (χ2v) is 7.05. The van der Waals surface area contributed by atoms with Crippen LogP contribution in [0.3, 0.4) is 0 Å². The van der Waals surface area contributed by atoms with Gasteiger partial charge >= 0.3 is 0 Å². The molecule has 3 aromatic carbocycles. The van der Waals surface area contributed by atoms with E-state index in [-0.39, 0.29) is 5.91 Å².